The third kappa shape index (κ3) is 0.902. The van der Waals surface area contributed by atoms with Crippen LogP contribution in [0, 0.1) is 0 Å². The van der Waals surface area contributed by atoms with Crippen LogP contribution >= 0.6 is 0 Å². The minimum atomic E-state index is 0.237. The Balaban J connectivity index is 2.21. The Labute approximate surface area is 77.8 Å². The molecule has 1 aromatic rings. The normalized spacial score (nSPS) is 30.3. The number of benzene rings is 1. The third-order valence-electron chi connectivity index (χ3n) is 3.45. The second kappa shape index (κ2) is 2.44. The second-order valence-corrected chi connectivity index (χ2v) is 4.13. The summed E-state index contributed by atoms with van der Waals surface area (Å²) in [6.45, 7) is 0. The standard InChI is InChI=1S/C12H12O/c13-12-7-8-5-6-11(12)10-4-2-1-3-9(8)10/h1-4,8,11H,5-7H2/t8-,11+/m0/s1. The Hall–Kier alpha value is -1.11. The molecular weight excluding hydrogens is 160 g/mol. The monoisotopic (exact) mass is 172 g/mol. The molecule has 0 unspecified atom stereocenters. The molecule has 1 heteroatoms. The van der Waals surface area contributed by atoms with Gasteiger partial charge in [0.2, 0.25) is 0 Å². The van der Waals surface area contributed by atoms with Gasteiger partial charge in [-0.1, -0.05) is 24.3 Å². The molecule has 2 bridgehead atoms. The van der Waals surface area contributed by atoms with E-state index in [1.165, 1.54) is 17.5 Å². The zero-order chi connectivity index (χ0) is 8.84. The van der Waals surface area contributed by atoms with E-state index in [1.807, 2.05) is 6.07 Å². The molecule has 0 saturated heterocycles. The number of rotatable bonds is 0. The molecule has 13 heavy (non-hydrogen) atoms. The number of Topliss-reactive ketones (excluding diaryl/α,β-unsaturated/α-hetero) is 1. The molecule has 1 aromatic carbocycles. The number of ketones is 1. The van der Waals surface area contributed by atoms with Crippen LogP contribution in [0.2, 0.25) is 0 Å². The minimum Gasteiger partial charge on any atom is -0.299 e. The van der Waals surface area contributed by atoms with Gasteiger partial charge in [-0.15, -0.1) is 0 Å². The van der Waals surface area contributed by atoms with Gasteiger partial charge in [0.25, 0.3) is 0 Å². The van der Waals surface area contributed by atoms with E-state index >= 15 is 0 Å². The van der Waals surface area contributed by atoms with Crippen molar-refractivity contribution in [2.75, 3.05) is 0 Å². The predicted octanol–water partition coefficient (Wildman–Crippen LogP) is 2.62. The van der Waals surface area contributed by atoms with Crippen molar-refractivity contribution in [1.82, 2.24) is 0 Å². The lowest BCUT2D eigenvalue weighted by Gasteiger charge is -2.36. The van der Waals surface area contributed by atoms with Crippen molar-refractivity contribution in [1.29, 1.82) is 0 Å². The SMILES string of the molecule is O=C1C[C@@H]2CC[C@@H]1c1ccccc12. The molecular formula is C12H12O. The number of hydrogen-bond acceptors (Lipinski definition) is 1. The first kappa shape index (κ1) is 7.31. The first-order valence-corrected chi connectivity index (χ1v) is 4.98. The van der Waals surface area contributed by atoms with E-state index in [9.17, 15) is 4.79 Å². The molecule has 0 amide bonds. The Kier molecular flexibility index (Phi) is 1.37. The van der Waals surface area contributed by atoms with Gasteiger partial charge in [-0.25, -0.2) is 0 Å². The molecule has 0 spiro atoms. The minimum absolute atomic E-state index is 0.237. The highest BCUT2D eigenvalue weighted by atomic mass is 16.1. The lowest BCUT2D eigenvalue weighted by Crippen LogP contribution is -2.29. The van der Waals surface area contributed by atoms with Crippen LogP contribution in [0.4, 0.5) is 0 Å². The quantitative estimate of drug-likeness (QED) is 0.588. The Morgan fingerprint density at radius 2 is 1.85 bits per heavy atom. The van der Waals surface area contributed by atoms with Crippen molar-refractivity contribution >= 4 is 5.78 Å². The average molecular weight is 172 g/mol. The van der Waals surface area contributed by atoms with E-state index in [1.54, 1.807) is 0 Å². The highest BCUT2D eigenvalue weighted by molar-refractivity contribution is 5.89. The summed E-state index contributed by atoms with van der Waals surface area (Å²) in [5.74, 6) is 1.24. The van der Waals surface area contributed by atoms with Gasteiger partial charge in [0.1, 0.15) is 5.78 Å². The first-order valence-electron chi connectivity index (χ1n) is 4.98. The van der Waals surface area contributed by atoms with Crippen LogP contribution in [0.25, 0.3) is 0 Å². The smallest absolute Gasteiger partial charge is 0.140 e. The van der Waals surface area contributed by atoms with E-state index in [0.29, 0.717) is 11.7 Å². The first-order chi connectivity index (χ1) is 6.36. The number of carbonyl (C=O) groups is 1. The summed E-state index contributed by atoms with van der Waals surface area (Å²) >= 11 is 0. The van der Waals surface area contributed by atoms with Crippen molar-refractivity contribution in [3.8, 4) is 0 Å². The summed E-state index contributed by atoms with van der Waals surface area (Å²) in [6, 6.07) is 8.46. The summed E-state index contributed by atoms with van der Waals surface area (Å²) in [7, 11) is 0. The molecule has 1 fully saturated rings. The predicted molar refractivity (Wildman–Crippen MR) is 50.8 cm³/mol. The Bertz CT molecular complexity index is 367. The average Bonchev–Trinajstić information content (AvgIpc) is 2.19. The van der Waals surface area contributed by atoms with Crippen LogP contribution in [0.3, 0.4) is 0 Å². The molecule has 3 aliphatic rings. The highest BCUT2D eigenvalue weighted by Gasteiger charge is 2.37. The van der Waals surface area contributed by atoms with Crippen LogP contribution < -0.4 is 0 Å². The van der Waals surface area contributed by atoms with Crippen molar-refractivity contribution in [2.45, 2.75) is 31.1 Å². The third-order valence-corrected chi connectivity index (χ3v) is 3.45. The molecule has 2 atom stereocenters. The summed E-state index contributed by atoms with van der Waals surface area (Å²) in [6.07, 6.45) is 3.09. The fourth-order valence-corrected chi connectivity index (χ4v) is 2.81. The van der Waals surface area contributed by atoms with E-state index < -0.39 is 0 Å². The summed E-state index contributed by atoms with van der Waals surface area (Å²) in [5.41, 5.74) is 2.76. The molecule has 1 saturated carbocycles. The molecule has 0 heterocycles. The van der Waals surface area contributed by atoms with Crippen molar-refractivity contribution in [3.05, 3.63) is 35.4 Å². The van der Waals surface area contributed by atoms with Gasteiger partial charge >= 0.3 is 0 Å². The Morgan fingerprint density at radius 1 is 1.08 bits per heavy atom. The Morgan fingerprint density at radius 3 is 2.62 bits per heavy atom. The van der Waals surface area contributed by atoms with Gasteiger partial charge in [-0.05, 0) is 29.9 Å². The van der Waals surface area contributed by atoms with Crippen molar-refractivity contribution < 1.29 is 4.79 Å². The van der Waals surface area contributed by atoms with Gasteiger partial charge in [0, 0.05) is 12.3 Å². The summed E-state index contributed by atoms with van der Waals surface area (Å²) in [5, 5.41) is 0. The van der Waals surface area contributed by atoms with Crippen molar-refractivity contribution in [2.24, 2.45) is 0 Å². The molecule has 0 aromatic heterocycles. The molecule has 3 aliphatic carbocycles. The number of fused-ring (bicyclic) bond motifs is 2. The lowest BCUT2D eigenvalue weighted by atomic mass is 9.66. The maximum Gasteiger partial charge on any atom is 0.140 e. The van der Waals surface area contributed by atoms with E-state index in [-0.39, 0.29) is 5.92 Å². The fourth-order valence-electron chi connectivity index (χ4n) is 2.81. The van der Waals surface area contributed by atoms with Gasteiger partial charge in [-0.2, -0.15) is 0 Å². The maximum atomic E-state index is 11.6. The van der Waals surface area contributed by atoms with Gasteiger partial charge < -0.3 is 0 Å². The van der Waals surface area contributed by atoms with Crippen LogP contribution in [0.5, 0.6) is 0 Å². The molecule has 66 valence electrons. The zero-order valence-electron chi connectivity index (χ0n) is 7.49. The summed E-state index contributed by atoms with van der Waals surface area (Å²) in [4.78, 5) is 11.6. The van der Waals surface area contributed by atoms with Gasteiger partial charge in [0.15, 0.2) is 0 Å². The topological polar surface area (TPSA) is 17.1 Å². The van der Waals surface area contributed by atoms with Gasteiger partial charge in [-0.3, -0.25) is 4.79 Å². The van der Waals surface area contributed by atoms with E-state index in [4.69, 9.17) is 0 Å². The number of carbonyl (C=O) groups excluding carboxylic acids is 1. The largest absolute Gasteiger partial charge is 0.299 e. The van der Waals surface area contributed by atoms with E-state index in [0.717, 1.165) is 12.8 Å². The fraction of sp³-hybridized carbons (Fsp3) is 0.417. The molecule has 1 nitrogen and oxygen atoms in total. The van der Waals surface area contributed by atoms with Crippen molar-refractivity contribution in [3.63, 3.8) is 0 Å². The summed E-state index contributed by atoms with van der Waals surface area (Å²) < 4.78 is 0. The molecule has 4 rings (SSSR count). The molecule has 0 aliphatic heterocycles. The molecule has 0 N–H and O–H groups in total. The maximum absolute atomic E-state index is 11.6. The van der Waals surface area contributed by atoms with Gasteiger partial charge in [0.05, 0.1) is 0 Å². The van der Waals surface area contributed by atoms with E-state index in [2.05, 4.69) is 18.2 Å². The van der Waals surface area contributed by atoms with Crippen LogP contribution in [-0.4, -0.2) is 5.78 Å². The van der Waals surface area contributed by atoms with Crippen LogP contribution in [-0.2, 0) is 4.79 Å². The zero-order valence-corrected chi connectivity index (χ0v) is 7.49. The van der Waals surface area contributed by atoms with Crippen LogP contribution in [0.1, 0.15) is 42.2 Å². The highest BCUT2D eigenvalue weighted by Crippen LogP contribution is 2.46. The molecule has 0 radical (unpaired) electrons. The number of hydrogen-bond donors (Lipinski definition) is 0. The second-order valence-electron chi connectivity index (χ2n) is 4.13. The lowest BCUT2D eigenvalue weighted by molar-refractivity contribution is -0.123. The van der Waals surface area contributed by atoms with Crippen LogP contribution in [0.15, 0.2) is 24.3 Å².